The number of likely N-dealkylation sites (N-methyl/N-ethyl adjacent to an activating group) is 1. The van der Waals surface area contributed by atoms with Gasteiger partial charge in [-0.25, -0.2) is 4.39 Å². The molecule has 0 aliphatic heterocycles. The van der Waals surface area contributed by atoms with Gasteiger partial charge in [-0.15, -0.1) is 0 Å². The third-order valence-electron chi connectivity index (χ3n) is 4.98. The highest BCUT2D eigenvalue weighted by atomic mass is 32.1. The summed E-state index contributed by atoms with van der Waals surface area (Å²) in [7, 11) is 0. The van der Waals surface area contributed by atoms with Gasteiger partial charge in [-0.1, -0.05) is 44.2 Å². The number of carbonyl (C=O) groups is 1. The highest BCUT2D eigenvalue weighted by Crippen LogP contribution is 2.18. The predicted octanol–water partition coefficient (Wildman–Crippen LogP) is 4.05. The van der Waals surface area contributed by atoms with E-state index in [4.69, 9.17) is 12.2 Å². The summed E-state index contributed by atoms with van der Waals surface area (Å²) in [6.45, 7) is 6.47. The number of amides is 1. The lowest BCUT2D eigenvalue weighted by molar-refractivity contribution is 0.0935. The number of hydrogen-bond donors (Lipinski definition) is 3. The van der Waals surface area contributed by atoms with Gasteiger partial charge in [0.2, 0.25) is 0 Å². The van der Waals surface area contributed by atoms with Gasteiger partial charge in [-0.05, 0) is 49.4 Å². The molecule has 0 aliphatic carbocycles. The Bertz CT molecular complexity index is 995. The van der Waals surface area contributed by atoms with E-state index < -0.39 is 5.82 Å². The molecular weight excluding hydrogens is 375 g/mol. The fourth-order valence-electron chi connectivity index (χ4n) is 3.55. The molecule has 0 fully saturated rings. The van der Waals surface area contributed by atoms with Crippen molar-refractivity contribution in [1.29, 1.82) is 0 Å². The molecule has 5 nitrogen and oxygen atoms in total. The second-order valence-electron chi connectivity index (χ2n) is 6.73. The van der Waals surface area contributed by atoms with Crippen LogP contribution in [0.15, 0.2) is 42.5 Å². The van der Waals surface area contributed by atoms with Crippen LogP contribution < -0.4 is 5.32 Å². The van der Waals surface area contributed by atoms with Crippen molar-refractivity contribution in [1.82, 2.24) is 20.2 Å². The molecule has 148 valence electrons. The van der Waals surface area contributed by atoms with E-state index in [1.807, 2.05) is 18.2 Å². The largest absolute Gasteiger partial charge is 0.350 e. The average Bonchev–Trinajstić information content (AvgIpc) is 3.06. The number of imidazole rings is 1. The summed E-state index contributed by atoms with van der Waals surface area (Å²) in [5.74, 6) is -0.799. The van der Waals surface area contributed by atoms with Gasteiger partial charge in [-0.2, -0.15) is 0 Å². The summed E-state index contributed by atoms with van der Waals surface area (Å²) in [5, 5.41) is 2.98. The quantitative estimate of drug-likeness (QED) is 0.500. The molecule has 3 rings (SSSR count). The Hall–Kier alpha value is -2.51. The number of halogens is 1. The number of H-pyrrole nitrogens is 2. The first kappa shape index (κ1) is 20.2. The highest BCUT2D eigenvalue weighted by molar-refractivity contribution is 7.71. The van der Waals surface area contributed by atoms with E-state index in [0.29, 0.717) is 22.3 Å². The summed E-state index contributed by atoms with van der Waals surface area (Å²) < 4.78 is 14.3. The van der Waals surface area contributed by atoms with E-state index in [2.05, 4.69) is 46.2 Å². The fraction of sp³-hybridized carbons (Fsp3) is 0.333. The number of aromatic nitrogens is 2. The lowest BCUT2D eigenvalue weighted by Gasteiger charge is -2.30. The molecular formula is C21H25FN4OS. The van der Waals surface area contributed by atoms with E-state index in [-0.39, 0.29) is 17.5 Å². The molecule has 2 aromatic carbocycles. The van der Waals surface area contributed by atoms with E-state index in [0.717, 1.165) is 19.5 Å². The topological polar surface area (TPSA) is 63.9 Å². The number of carbonyl (C=O) groups excluding carboxylic acids is 1. The van der Waals surface area contributed by atoms with Gasteiger partial charge < -0.3 is 15.3 Å². The van der Waals surface area contributed by atoms with Crippen LogP contribution in [-0.4, -0.2) is 46.5 Å². The zero-order valence-corrected chi connectivity index (χ0v) is 16.9. The Balaban J connectivity index is 1.79. The normalized spacial score (nSPS) is 12.4. The van der Waals surface area contributed by atoms with Gasteiger partial charge in [0.1, 0.15) is 5.82 Å². The van der Waals surface area contributed by atoms with Gasteiger partial charge in [0.25, 0.3) is 5.91 Å². The zero-order valence-electron chi connectivity index (χ0n) is 16.1. The minimum absolute atomic E-state index is 0.148. The molecule has 7 heteroatoms. The highest BCUT2D eigenvalue weighted by Gasteiger charge is 2.19. The molecule has 1 heterocycles. The Morgan fingerprint density at radius 1 is 1.18 bits per heavy atom. The smallest absolute Gasteiger partial charge is 0.253 e. The first-order chi connectivity index (χ1) is 13.5. The van der Waals surface area contributed by atoms with E-state index in [1.54, 1.807) is 0 Å². The van der Waals surface area contributed by atoms with Crippen molar-refractivity contribution in [2.45, 2.75) is 26.3 Å². The Labute approximate surface area is 169 Å². The second-order valence-corrected chi connectivity index (χ2v) is 7.14. The Kier molecular flexibility index (Phi) is 6.59. The zero-order chi connectivity index (χ0) is 20.1. The van der Waals surface area contributed by atoms with Crippen LogP contribution >= 0.6 is 12.2 Å². The maximum absolute atomic E-state index is 13.9. The first-order valence-electron chi connectivity index (χ1n) is 9.49. The van der Waals surface area contributed by atoms with Crippen LogP contribution in [0.4, 0.5) is 4.39 Å². The van der Waals surface area contributed by atoms with Crippen molar-refractivity contribution in [3.8, 4) is 0 Å². The molecule has 1 amide bonds. The lowest BCUT2D eigenvalue weighted by atomic mass is 10.0. The molecule has 3 N–H and O–H groups in total. The average molecular weight is 401 g/mol. The third-order valence-corrected chi connectivity index (χ3v) is 5.18. The first-order valence-corrected chi connectivity index (χ1v) is 9.90. The van der Waals surface area contributed by atoms with Crippen LogP contribution in [0.5, 0.6) is 0 Å². The molecule has 1 aromatic heterocycles. The standard InChI is InChI=1S/C21H25FN4OS/c1-3-26(4-2)16(10-14-8-6-5-7-9-14)13-23-20(27)17-11-15(22)12-18-19(17)25-21(28)24-18/h5-9,11-12,16H,3-4,10,13H2,1-2H3,(H,23,27)(H2,24,25,28). The Morgan fingerprint density at radius 2 is 1.89 bits per heavy atom. The molecule has 1 atom stereocenters. The van der Waals surface area contributed by atoms with Crippen molar-refractivity contribution in [3.63, 3.8) is 0 Å². The fourth-order valence-corrected chi connectivity index (χ4v) is 3.76. The van der Waals surface area contributed by atoms with Crippen LogP contribution in [0.1, 0.15) is 29.8 Å². The van der Waals surface area contributed by atoms with Crippen LogP contribution in [-0.2, 0) is 6.42 Å². The number of nitrogens with zero attached hydrogens (tertiary/aromatic N) is 1. The van der Waals surface area contributed by atoms with Crippen LogP contribution in [0.2, 0.25) is 0 Å². The van der Waals surface area contributed by atoms with E-state index >= 15 is 0 Å². The summed E-state index contributed by atoms with van der Waals surface area (Å²) in [4.78, 5) is 20.9. The summed E-state index contributed by atoms with van der Waals surface area (Å²) >= 11 is 5.08. The molecule has 0 saturated carbocycles. The maximum atomic E-state index is 13.9. The molecule has 0 spiro atoms. The van der Waals surface area contributed by atoms with Crippen LogP contribution in [0.25, 0.3) is 11.0 Å². The van der Waals surface area contributed by atoms with Gasteiger partial charge in [0.15, 0.2) is 4.77 Å². The van der Waals surface area contributed by atoms with Crippen molar-refractivity contribution < 1.29 is 9.18 Å². The van der Waals surface area contributed by atoms with Gasteiger partial charge in [0, 0.05) is 12.6 Å². The molecule has 0 bridgehead atoms. The molecule has 28 heavy (non-hydrogen) atoms. The predicted molar refractivity (Wildman–Crippen MR) is 113 cm³/mol. The summed E-state index contributed by atoms with van der Waals surface area (Å²) in [6, 6.07) is 12.9. The second kappa shape index (κ2) is 9.12. The molecule has 0 aliphatic rings. The lowest BCUT2D eigenvalue weighted by Crippen LogP contribution is -2.45. The number of benzene rings is 2. The number of fused-ring (bicyclic) bond motifs is 1. The van der Waals surface area contributed by atoms with E-state index in [1.165, 1.54) is 17.7 Å². The van der Waals surface area contributed by atoms with Crippen molar-refractivity contribution >= 4 is 29.2 Å². The Morgan fingerprint density at radius 3 is 2.57 bits per heavy atom. The number of rotatable bonds is 8. The third kappa shape index (κ3) is 4.66. The molecule has 1 unspecified atom stereocenters. The minimum atomic E-state index is -0.479. The van der Waals surface area contributed by atoms with Gasteiger partial charge >= 0.3 is 0 Å². The SMILES string of the molecule is CCN(CC)C(CNC(=O)c1cc(F)cc2[nH]c(=S)[nH]c12)Cc1ccccc1. The van der Waals surface area contributed by atoms with Crippen molar-refractivity contribution in [2.24, 2.45) is 0 Å². The van der Waals surface area contributed by atoms with Crippen LogP contribution in [0.3, 0.4) is 0 Å². The number of nitrogens with one attached hydrogen (secondary N) is 3. The molecule has 3 aromatic rings. The van der Waals surface area contributed by atoms with E-state index in [9.17, 15) is 9.18 Å². The number of aromatic amines is 2. The summed E-state index contributed by atoms with van der Waals surface area (Å²) in [6.07, 6.45) is 0.827. The van der Waals surface area contributed by atoms with Gasteiger partial charge in [-0.3, -0.25) is 9.69 Å². The van der Waals surface area contributed by atoms with Crippen LogP contribution in [0, 0.1) is 10.6 Å². The number of hydrogen-bond acceptors (Lipinski definition) is 3. The van der Waals surface area contributed by atoms with Crippen molar-refractivity contribution in [2.75, 3.05) is 19.6 Å². The minimum Gasteiger partial charge on any atom is -0.350 e. The van der Waals surface area contributed by atoms with Crippen molar-refractivity contribution in [3.05, 3.63) is 64.2 Å². The maximum Gasteiger partial charge on any atom is 0.253 e. The monoisotopic (exact) mass is 400 g/mol. The molecule has 0 saturated heterocycles. The van der Waals surface area contributed by atoms with Gasteiger partial charge in [0.05, 0.1) is 16.6 Å². The molecule has 0 radical (unpaired) electrons. The summed E-state index contributed by atoms with van der Waals surface area (Å²) in [5.41, 5.74) is 2.47.